The van der Waals surface area contributed by atoms with E-state index in [0.29, 0.717) is 12.8 Å². The van der Waals surface area contributed by atoms with E-state index in [1.807, 2.05) is 12.2 Å². The molecule has 2 rings (SSSR count). The van der Waals surface area contributed by atoms with Gasteiger partial charge in [0.2, 0.25) is 5.91 Å². The van der Waals surface area contributed by atoms with Gasteiger partial charge in [0.15, 0.2) is 0 Å². The molecule has 4 nitrogen and oxygen atoms in total. The Balaban J connectivity index is 2.23. The number of aliphatic carboxylic acids is 1. The Labute approximate surface area is 75.6 Å². The molecule has 0 aromatic rings. The lowest BCUT2D eigenvalue weighted by Gasteiger charge is -2.20. The van der Waals surface area contributed by atoms with Crippen LogP contribution in [0.3, 0.4) is 0 Å². The van der Waals surface area contributed by atoms with Gasteiger partial charge in [-0.05, 0) is 12.8 Å². The highest BCUT2D eigenvalue weighted by Crippen LogP contribution is 2.33. The molecule has 1 unspecified atom stereocenters. The van der Waals surface area contributed by atoms with Crippen molar-refractivity contribution in [2.75, 3.05) is 0 Å². The first kappa shape index (κ1) is 8.29. The van der Waals surface area contributed by atoms with Crippen molar-refractivity contribution in [1.82, 2.24) is 5.32 Å². The molecule has 1 saturated heterocycles. The van der Waals surface area contributed by atoms with Crippen LogP contribution < -0.4 is 5.32 Å². The number of hydrogen-bond donors (Lipinski definition) is 2. The first-order valence-electron chi connectivity index (χ1n) is 4.38. The Morgan fingerprint density at radius 2 is 2.15 bits per heavy atom. The molecule has 1 aliphatic heterocycles. The standard InChI is InChI=1S/C9H11NO3/c11-8-6-4-2-1-3-5(6)7(10-8)9(12)13/h1-2,5-7H,3-4H2,(H,10,11)(H,12,13)/t5-,6-,7?/m0/s1. The topological polar surface area (TPSA) is 66.4 Å². The van der Waals surface area contributed by atoms with E-state index in [-0.39, 0.29) is 17.7 Å². The van der Waals surface area contributed by atoms with Crippen molar-refractivity contribution in [3.63, 3.8) is 0 Å². The number of carbonyl (C=O) groups is 2. The van der Waals surface area contributed by atoms with E-state index in [2.05, 4.69) is 5.32 Å². The van der Waals surface area contributed by atoms with Gasteiger partial charge in [0.05, 0.1) is 0 Å². The van der Waals surface area contributed by atoms with Gasteiger partial charge < -0.3 is 10.4 Å². The van der Waals surface area contributed by atoms with Crippen molar-refractivity contribution in [3.05, 3.63) is 12.2 Å². The average Bonchev–Trinajstić information content (AvgIpc) is 2.45. The molecule has 1 fully saturated rings. The van der Waals surface area contributed by atoms with Gasteiger partial charge in [-0.3, -0.25) is 4.79 Å². The summed E-state index contributed by atoms with van der Waals surface area (Å²) in [4.78, 5) is 22.1. The Hall–Kier alpha value is -1.32. The van der Waals surface area contributed by atoms with E-state index < -0.39 is 12.0 Å². The summed E-state index contributed by atoms with van der Waals surface area (Å²) in [6, 6.07) is -0.678. The number of nitrogens with one attached hydrogen (secondary N) is 1. The van der Waals surface area contributed by atoms with Gasteiger partial charge in [-0.15, -0.1) is 0 Å². The Morgan fingerprint density at radius 3 is 2.85 bits per heavy atom. The Kier molecular flexibility index (Phi) is 1.83. The Bertz CT molecular complexity index is 285. The van der Waals surface area contributed by atoms with Crippen LogP contribution in [0.1, 0.15) is 12.8 Å². The first-order chi connectivity index (χ1) is 6.20. The van der Waals surface area contributed by atoms with Gasteiger partial charge in [0.25, 0.3) is 0 Å². The van der Waals surface area contributed by atoms with Crippen molar-refractivity contribution >= 4 is 11.9 Å². The molecule has 13 heavy (non-hydrogen) atoms. The number of hydrogen-bond acceptors (Lipinski definition) is 2. The summed E-state index contributed by atoms with van der Waals surface area (Å²) in [5.74, 6) is -1.20. The lowest BCUT2D eigenvalue weighted by Crippen LogP contribution is -2.36. The van der Waals surface area contributed by atoms with E-state index in [1.165, 1.54) is 0 Å². The Morgan fingerprint density at radius 1 is 1.46 bits per heavy atom. The van der Waals surface area contributed by atoms with Crippen LogP contribution >= 0.6 is 0 Å². The molecule has 4 heteroatoms. The molecule has 0 spiro atoms. The molecule has 2 N–H and O–H groups in total. The van der Waals surface area contributed by atoms with E-state index >= 15 is 0 Å². The second-order valence-electron chi connectivity index (χ2n) is 3.54. The fourth-order valence-electron chi connectivity index (χ4n) is 2.12. The van der Waals surface area contributed by atoms with Crippen LogP contribution in [0.2, 0.25) is 0 Å². The zero-order valence-electron chi connectivity index (χ0n) is 7.06. The highest BCUT2D eigenvalue weighted by atomic mass is 16.4. The number of fused-ring (bicyclic) bond motifs is 1. The van der Waals surface area contributed by atoms with Crippen LogP contribution in [0.5, 0.6) is 0 Å². The summed E-state index contributed by atoms with van der Waals surface area (Å²) in [5, 5.41) is 11.3. The molecule has 0 bridgehead atoms. The number of allylic oxidation sites excluding steroid dienone is 2. The molecular weight excluding hydrogens is 170 g/mol. The zero-order valence-corrected chi connectivity index (χ0v) is 7.06. The maximum atomic E-state index is 11.3. The number of rotatable bonds is 1. The summed E-state index contributed by atoms with van der Waals surface area (Å²) < 4.78 is 0. The molecule has 2 aliphatic rings. The van der Waals surface area contributed by atoms with Gasteiger partial charge in [0, 0.05) is 11.8 Å². The van der Waals surface area contributed by atoms with Crippen molar-refractivity contribution in [2.24, 2.45) is 11.8 Å². The minimum absolute atomic E-state index is 0.0463. The normalized spacial score (nSPS) is 36.9. The molecular formula is C9H11NO3. The van der Waals surface area contributed by atoms with E-state index in [9.17, 15) is 9.59 Å². The van der Waals surface area contributed by atoms with Crippen LogP contribution in [0.4, 0.5) is 0 Å². The molecule has 3 atom stereocenters. The van der Waals surface area contributed by atoms with Crippen LogP contribution in [-0.2, 0) is 9.59 Å². The van der Waals surface area contributed by atoms with Crippen LogP contribution in [0.15, 0.2) is 12.2 Å². The highest BCUT2D eigenvalue weighted by molar-refractivity contribution is 5.90. The number of carboxylic acid groups (broad SMARTS) is 1. The summed E-state index contributed by atoms with van der Waals surface area (Å²) >= 11 is 0. The lowest BCUT2D eigenvalue weighted by molar-refractivity contribution is -0.140. The minimum atomic E-state index is -0.920. The van der Waals surface area contributed by atoms with Gasteiger partial charge in [-0.1, -0.05) is 12.2 Å². The molecule has 70 valence electrons. The lowest BCUT2D eigenvalue weighted by atomic mass is 9.82. The molecule has 0 saturated carbocycles. The first-order valence-corrected chi connectivity index (χ1v) is 4.38. The minimum Gasteiger partial charge on any atom is -0.480 e. The fraction of sp³-hybridized carbons (Fsp3) is 0.556. The van der Waals surface area contributed by atoms with Crippen LogP contribution in [-0.4, -0.2) is 23.0 Å². The summed E-state index contributed by atoms with van der Waals surface area (Å²) in [6.07, 6.45) is 5.28. The van der Waals surface area contributed by atoms with Crippen LogP contribution in [0.25, 0.3) is 0 Å². The zero-order chi connectivity index (χ0) is 9.42. The predicted octanol–water partition coefficient (Wildman–Crippen LogP) is 0.152. The monoisotopic (exact) mass is 181 g/mol. The number of amides is 1. The van der Waals surface area contributed by atoms with Crippen LogP contribution in [0, 0.1) is 11.8 Å². The molecule has 0 radical (unpaired) electrons. The summed E-state index contributed by atoms with van der Waals surface area (Å²) in [6.45, 7) is 0. The summed E-state index contributed by atoms with van der Waals surface area (Å²) in [7, 11) is 0. The second-order valence-corrected chi connectivity index (χ2v) is 3.54. The maximum absolute atomic E-state index is 11.3. The van der Waals surface area contributed by atoms with Crippen molar-refractivity contribution in [3.8, 4) is 0 Å². The van der Waals surface area contributed by atoms with E-state index in [0.717, 1.165) is 0 Å². The van der Waals surface area contributed by atoms with E-state index in [4.69, 9.17) is 5.11 Å². The molecule has 0 aromatic heterocycles. The van der Waals surface area contributed by atoms with Gasteiger partial charge in [0.1, 0.15) is 6.04 Å². The molecule has 1 amide bonds. The number of carboxylic acids is 1. The van der Waals surface area contributed by atoms with Crippen molar-refractivity contribution in [2.45, 2.75) is 18.9 Å². The van der Waals surface area contributed by atoms with Gasteiger partial charge >= 0.3 is 5.97 Å². The largest absolute Gasteiger partial charge is 0.480 e. The third-order valence-corrected chi connectivity index (χ3v) is 2.81. The van der Waals surface area contributed by atoms with Crippen molar-refractivity contribution < 1.29 is 14.7 Å². The van der Waals surface area contributed by atoms with Gasteiger partial charge in [-0.2, -0.15) is 0 Å². The molecule has 1 aliphatic carbocycles. The fourth-order valence-corrected chi connectivity index (χ4v) is 2.12. The molecule has 1 heterocycles. The smallest absolute Gasteiger partial charge is 0.326 e. The number of carbonyl (C=O) groups excluding carboxylic acids is 1. The second kappa shape index (κ2) is 2.87. The third kappa shape index (κ3) is 1.22. The van der Waals surface area contributed by atoms with Gasteiger partial charge in [-0.25, -0.2) is 4.79 Å². The third-order valence-electron chi connectivity index (χ3n) is 2.81. The summed E-state index contributed by atoms with van der Waals surface area (Å²) in [5.41, 5.74) is 0. The quantitative estimate of drug-likeness (QED) is 0.566. The van der Waals surface area contributed by atoms with Crippen molar-refractivity contribution in [1.29, 1.82) is 0 Å². The molecule has 0 aromatic carbocycles. The van der Waals surface area contributed by atoms with E-state index in [1.54, 1.807) is 0 Å². The predicted molar refractivity (Wildman–Crippen MR) is 44.9 cm³/mol. The highest BCUT2D eigenvalue weighted by Gasteiger charge is 2.45. The maximum Gasteiger partial charge on any atom is 0.326 e. The average molecular weight is 181 g/mol. The SMILES string of the molecule is O=C(O)C1NC(=O)[C@H]2CC=CC[C@H]12.